The molecular formula is C25H28N2O3. The first-order valence-electron chi connectivity index (χ1n) is 11.0. The smallest absolute Gasteiger partial charge is 0.341 e. The van der Waals surface area contributed by atoms with E-state index in [0.29, 0.717) is 17.4 Å². The van der Waals surface area contributed by atoms with Crippen LogP contribution in [-0.4, -0.2) is 39.7 Å². The Bertz CT molecular complexity index is 1040. The van der Waals surface area contributed by atoms with Gasteiger partial charge in [0.15, 0.2) is 0 Å². The molecule has 1 atom stereocenters. The molecule has 1 fully saturated rings. The van der Waals surface area contributed by atoms with Crippen LogP contribution in [-0.2, 0) is 13.1 Å². The number of aryl methyl sites for hydroxylation is 1. The molecule has 2 aliphatic rings. The van der Waals surface area contributed by atoms with Gasteiger partial charge in [0.2, 0.25) is 5.88 Å². The quantitative estimate of drug-likeness (QED) is 0.664. The Hall–Kier alpha value is -2.79. The molecule has 0 bridgehead atoms. The van der Waals surface area contributed by atoms with Crippen LogP contribution in [0.25, 0.3) is 10.9 Å². The van der Waals surface area contributed by atoms with Crippen LogP contribution in [0.15, 0.2) is 54.6 Å². The van der Waals surface area contributed by atoms with E-state index in [1.54, 1.807) is 0 Å². The van der Waals surface area contributed by atoms with Crippen molar-refractivity contribution in [3.05, 3.63) is 65.7 Å². The van der Waals surface area contributed by atoms with Crippen LogP contribution < -0.4 is 4.74 Å². The molecule has 0 amide bonds. The first-order valence-corrected chi connectivity index (χ1v) is 11.0. The third-order valence-electron chi connectivity index (χ3n) is 6.64. The van der Waals surface area contributed by atoms with Crippen molar-refractivity contribution in [1.29, 1.82) is 0 Å². The van der Waals surface area contributed by atoms with Gasteiger partial charge < -0.3 is 14.4 Å². The highest BCUT2D eigenvalue weighted by atomic mass is 16.5. The second-order valence-corrected chi connectivity index (χ2v) is 8.62. The Balaban J connectivity index is 1.23. The van der Waals surface area contributed by atoms with Crippen molar-refractivity contribution in [2.24, 2.45) is 5.92 Å². The van der Waals surface area contributed by atoms with Crippen LogP contribution >= 0.6 is 0 Å². The second kappa shape index (κ2) is 8.15. The maximum absolute atomic E-state index is 11.9. The molecule has 5 rings (SSSR count). The Morgan fingerprint density at radius 2 is 1.70 bits per heavy atom. The molecule has 2 aromatic carbocycles. The number of carbonyl (C=O) groups is 1. The number of aromatic nitrogens is 1. The van der Waals surface area contributed by atoms with Crippen molar-refractivity contribution in [3.8, 4) is 5.88 Å². The minimum absolute atomic E-state index is 0.102. The molecule has 5 heteroatoms. The molecule has 1 N–H and O–H groups in total. The first-order chi connectivity index (χ1) is 14.7. The van der Waals surface area contributed by atoms with Gasteiger partial charge in [-0.05, 0) is 49.9 Å². The summed E-state index contributed by atoms with van der Waals surface area (Å²) in [5.41, 5.74) is 2.64. The lowest BCUT2D eigenvalue weighted by Gasteiger charge is -2.35. The summed E-state index contributed by atoms with van der Waals surface area (Å²) in [5.74, 6) is 0.280. The highest BCUT2D eigenvalue weighted by Gasteiger charge is 2.31. The lowest BCUT2D eigenvalue weighted by Crippen LogP contribution is -2.36. The molecule has 0 radical (unpaired) electrons. The number of benzene rings is 2. The lowest BCUT2D eigenvalue weighted by molar-refractivity contribution is 0.0665. The van der Waals surface area contributed by atoms with Crippen LogP contribution in [0.1, 0.15) is 41.6 Å². The number of likely N-dealkylation sites (tertiary alicyclic amines) is 1. The first kappa shape index (κ1) is 19.2. The molecule has 1 unspecified atom stereocenters. The Kier molecular flexibility index (Phi) is 5.21. The van der Waals surface area contributed by atoms with Crippen LogP contribution in [0, 0.1) is 5.92 Å². The number of nitrogens with zero attached hydrogens (tertiary/aromatic N) is 2. The molecule has 5 nitrogen and oxygen atoms in total. The molecule has 2 aliphatic heterocycles. The third kappa shape index (κ3) is 3.70. The number of carboxylic acids is 1. The predicted molar refractivity (Wildman–Crippen MR) is 117 cm³/mol. The zero-order valence-electron chi connectivity index (χ0n) is 17.2. The summed E-state index contributed by atoms with van der Waals surface area (Å²) in [6.45, 7) is 4.08. The van der Waals surface area contributed by atoms with Gasteiger partial charge in [0, 0.05) is 24.9 Å². The molecule has 0 spiro atoms. The number of rotatable bonds is 5. The van der Waals surface area contributed by atoms with Gasteiger partial charge in [0.05, 0.1) is 5.52 Å². The fraction of sp³-hybridized carbons (Fsp3) is 0.400. The number of fused-ring (bicyclic) bond motifs is 3. The SMILES string of the molecule is O=C(O)c1c2n(c3ccccc13)CCC(CC1CCN(Cc3ccccc3)CC1)O2. The maximum Gasteiger partial charge on any atom is 0.341 e. The van der Waals surface area contributed by atoms with Gasteiger partial charge in [-0.1, -0.05) is 48.5 Å². The van der Waals surface area contributed by atoms with E-state index in [0.717, 1.165) is 49.9 Å². The number of hydrogen-bond acceptors (Lipinski definition) is 3. The average molecular weight is 405 g/mol. The topological polar surface area (TPSA) is 54.7 Å². The summed E-state index contributed by atoms with van der Waals surface area (Å²) in [6.07, 6.45) is 4.42. The van der Waals surface area contributed by atoms with E-state index in [1.807, 2.05) is 28.8 Å². The van der Waals surface area contributed by atoms with Gasteiger partial charge in [0.1, 0.15) is 11.7 Å². The number of para-hydroxylation sites is 1. The second-order valence-electron chi connectivity index (χ2n) is 8.62. The van der Waals surface area contributed by atoms with Crippen molar-refractivity contribution in [1.82, 2.24) is 9.47 Å². The van der Waals surface area contributed by atoms with Crippen molar-refractivity contribution < 1.29 is 14.6 Å². The number of aromatic carboxylic acids is 1. The van der Waals surface area contributed by atoms with Crippen LogP contribution in [0.2, 0.25) is 0 Å². The predicted octanol–water partition coefficient (Wildman–Crippen LogP) is 4.79. The van der Waals surface area contributed by atoms with E-state index in [2.05, 4.69) is 35.2 Å². The van der Waals surface area contributed by atoms with E-state index < -0.39 is 5.97 Å². The molecule has 1 saturated heterocycles. The van der Waals surface area contributed by atoms with E-state index in [1.165, 1.54) is 18.4 Å². The minimum atomic E-state index is -0.908. The van der Waals surface area contributed by atoms with E-state index in [9.17, 15) is 9.90 Å². The normalized spacial score (nSPS) is 20.1. The van der Waals surface area contributed by atoms with E-state index in [4.69, 9.17) is 4.74 Å². The van der Waals surface area contributed by atoms with E-state index >= 15 is 0 Å². The maximum atomic E-state index is 11.9. The largest absolute Gasteiger partial charge is 0.477 e. The van der Waals surface area contributed by atoms with Crippen LogP contribution in [0.5, 0.6) is 5.88 Å². The fourth-order valence-corrected chi connectivity index (χ4v) is 5.08. The zero-order valence-corrected chi connectivity index (χ0v) is 17.2. The number of piperidine rings is 1. The molecular weight excluding hydrogens is 376 g/mol. The van der Waals surface area contributed by atoms with Crippen LogP contribution in [0.3, 0.4) is 0 Å². The van der Waals surface area contributed by atoms with Crippen molar-refractivity contribution in [2.75, 3.05) is 13.1 Å². The van der Waals surface area contributed by atoms with Gasteiger partial charge in [-0.25, -0.2) is 4.79 Å². The van der Waals surface area contributed by atoms with Gasteiger partial charge >= 0.3 is 5.97 Å². The van der Waals surface area contributed by atoms with Crippen molar-refractivity contribution >= 4 is 16.9 Å². The lowest BCUT2D eigenvalue weighted by atomic mass is 9.89. The summed E-state index contributed by atoms with van der Waals surface area (Å²) < 4.78 is 8.34. The summed E-state index contributed by atoms with van der Waals surface area (Å²) in [7, 11) is 0. The number of ether oxygens (including phenoxy) is 1. The Labute approximate surface area is 176 Å². The average Bonchev–Trinajstić information content (AvgIpc) is 3.10. The minimum Gasteiger partial charge on any atom is -0.477 e. The molecule has 3 heterocycles. The molecule has 3 aromatic rings. The monoisotopic (exact) mass is 404 g/mol. The molecule has 0 saturated carbocycles. The van der Waals surface area contributed by atoms with Crippen molar-refractivity contribution in [3.63, 3.8) is 0 Å². The van der Waals surface area contributed by atoms with Crippen LogP contribution in [0.4, 0.5) is 0 Å². The molecule has 1 aromatic heterocycles. The molecule has 30 heavy (non-hydrogen) atoms. The third-order valence-corrected chi connectivity index (χ3v) is 6.64. The Morgan fingerprint density at radius 1 is 0.967 bits per heavy atom. The fourth-order valence-electron chi connectivity index (χ4n) is 5.08. The van der Waals surface area contributed by atoms with Gasteiger partial charge in [-0.2, -0.15) is 0 Å². The standard InChI is InChI=1S/C25H28N2O3/c28-25(29)23-21-8-4-5-9-22(21)27-15-12-20(30-24(23)27)16-18-10-13-26(14-11-18)17-19-6-2-1-3-7-19/h1-9,18,20H,10-17H2,(H,28,29). The summed E-state index contributed by atoms with van der Waals surface area (Å²) >= 11 is 0. The number of carboxylic acid groups (broad SMARTS) is 1. The van der Waals surface area contributed by atoms with Gasteiger partial charge in [-0.15, -0.1) is 0 Å². The van der Waals surface area contributed by atoms with Crippen molar-refractivity contribution in [2.45, 2.75) is 44.9 Å². The van der Waals surface area contributed by atoms with Gasteiger partial charge in [0.25, 0.3) is 0 Å². The highest BCUT2D eigenvalue weighted by Crippen LogP contribution is 2.37. The Morgan fingerprint density at radius 3 is 2.47 bits per heavy atom. The summed E-state index contributed by atoms with van der Waals surface area (Å²) in [6, 6.07) is 18.4. The molecule has 0 aliphatic carbocycles. The number of hydrogen-bond donors (Lipinski definition) is 1. The highest BCUT2D eigenvalue weighted by molar-refractivity contribution is 6.06. The zero-order chi connectivity index (χ0) is 20.5. The summed E-state index contributed by atoms with van der Waals surface area (Å²) in [4.78, 5) is 14.5. The molecule has 156 valence electrons. The summed E-state index contributed by atoms with van der Waals surface area (Å²) in [5, 5.41) is 10.6. The van der Waals surface area contributed by atoms with E-state index in [-0.39, 0.29) is 6.10 Å². The van der Waals surface area contributed by atoms with Gasteiger partial charge in [-0.3, -0.25) is 4.90 Å².